The monoisotopic (exact) mass is 320 g/mol. The topological polar surface area (TPSA) is 9.23 Å². The molecule has 1 nitrogen and oxygen atoms in total. The van der Waals surface area contributed by atoms with Crippen LogP contribution < -0.4 is 0 Å². The molecule has 1 unspecified atom stereocenters. The minimum absolute atomic E-state index is 0.102. The fourth-order valence-corrected chi connectivity index (χ4v) is 2.79. The summed E-state index contributed by atoms with van der Waals surface area (Å²) in [5.74, 6) is 1.79. The van der Waals surface area contributed by atoms with Crippen molar-refractivity contribution < 1.29 is 4.74 Å². The van der Waals surface area contributed by atoms with Gasteiger partial charge in [0.05, 0.1) is 0 Å². The van der Waals surface area contributed by atoms with E-state index in [1.54, 1.807) is 6.08 Å². The van der Waals surface area contributed by atoms with Crippen LogP contribution in [0.15, 0.2) is 108 Å². The summed E-state index contributed by atoms with van der Waals surface area (Å²) in [6.45, 7) is 15.8. The van der Waals surface area contributed by atoms with Gasteiger partial charge in [-0.15, -0.1) is 0 Å². The van der Waals surface area contributed by atoms with Crippen LogP contribution in [-0.2, 0) is 4.74 Å². The van der Waals surface area contributed by atoms with Crippen molar-refractivity contribution in [3.8, 4) is 0 Å². The maximum absolute atomic E-state index is 6.16. The second-order valence-electron chi connectivity index (χ2n) is 5.25. The zero-order chi connectivity index (χ0) is 17.9. The molecule has 0 amide bonds. The highest BCUT2D eigenvalue weighted by Gasteiger charge is 2.32. The number of ether oxygens (including phenoxy) is 1. The molecule has 1 aliphatic rings. The fraction of sp³-hybridized carbons (Fsp3) is 0.217. The van der Waals surface area contributed by atoms with Gasteiger partial charge in [0.15, 0.2) is 0 Å². The first kappa shape index (κ1) is 19.5. The lowest BCUT2D eigenvalue weighted by atomic mass is 9.79. The summed E-state index contributed by atoms with van der Waals surface area (Å²) in [6, 6.07) is 0. The van der Waals surface area contributed by atoms with E-state index in [4.69, 9.17) is 4.74 Å². The highest BCUT2D eigenvalue weighted by atomic mass is 16.5. The third-order valence-electron chi connectivity index (χ3n) is 3.74. The van der Waals surface area contributed by atoms with Gasteiger partial charge in [0.2, 0.25) is 0 Å². The number of hydrogen-bond donors (Lipinski definition) is 0. The summed E-state index contributed by atoms with van der Waals surface area (Å²) in [6.07, 6.45) is 22.0. The van der Waals surface area contributed by atoms with Crippen molar-refractivity contribution in [2.75, 3.05) is 0 Å². The van der Waals surface area contributed by atoms with Crippen molar-refractivity contribution in [2.45, 2.75) is 27.7 Å². The van der Waals surface area contributed by atoms with Crippen LogP contribution in [0, 0.1) is 5.92 Å². The van der Waals surface area contributed by atoms with E-state index in [1.807, 2.05) is 58.1 Å². The van der Waals surface area contributed by atoms with Crippen molar-refractivity contribution in [1.29, 1.82) is 0 Å². The van der Waals surface area contributed by atoms with Crippen LogP contribution in [0.1, 0.15) is 27.7 Å². The van der Waals surface area contributed by atoms with Crippen LogP contribution in [0.25, 0.3) is 0 Å². The summed E-state index contributed by atoms with van der Waals surface area (Å²) < 4.78 is 6.16. The molecule has 0 aromatic heterocycles. The molecule has 0 bridgehead atoms. The summed E-state index contributed by atoms with van der Waals surface area (Å²) >= 11 is 0. The number of rotatable bonds is 5. The molecular formula is C23H28O. The molecule has 0 spiro atoms. The molecule has 1 atom stereocenters. The molecule has 1 heterocycles. The van der Waals surface area contributed by atoms with Gasteiger partial charge < -0.3 is 4.74 Å². The molecule has 0 radical (unpaired) electrons. The predicted molar refractivity (Wildman–Crippen MR) is 106 cm³/mol. The van der Waals surface area contributed by atoms with Crippen molar-refractivity contribution in [3.05, 3.63) is 108 Å². The van der Waals surface area contributed by atoms with E-state index in [-0.39, 0.29) is 5.92 Å². The molecule has 0 aromatic rings. The smallest absolute Gasteiger partial charge is 0.131 e. The Morgan fingerprint density at radius 2 is 1.50 bits per heavy atom. The molecular weight excluding hydrogens is 292 g/mol. The summed E-state index contributed by atoms with van der Waals surface area (Å²) in [4.78, 5) is 0. The predicted octanol–water partition coefficient (Wildman–Crippen LogP) is 6.74. The molecule has 126 valence electrons. The lowest BCUT2D eigenvalue weighted by Gasteiger charge is -2.33. The number of hydrogen-bond acceptors (Lipinski definition) is 1. The molecule has 0 N–H and O–H groups in total. The quantitative estimate of drug-likeness (QED) is 0.509. The Bertz CT molecular complexity index is 673. The van der Waals surface area contributed by atoms with Crippen LogP contribution in [-0.4, -0.2) is 0 Å². The van der Waals surface area contributed by atoms with Gasteiger partial charge >= 0.3 is 0 Å². The van der Waals surface area contributed by atoms with E-state index in [1.165, 1.54) is 5.57 Å². The van der Waals surface area contributed by atoms with Crippen LogP contribution >= 0.6 is 0 Å². The lowest BCUT2D eigenvalue weighted by molar-refractivity contribution is 0.293. The molecule has 1 aliphatic heterocycles. The Hall–Kier alpha value is -2.54. The Morgan fingerprint density at radius 3 is 1.96 bits per heavy atom. The first-order valence-electron chi connectivity index (χ1n) is 8.30. The Kier molecular flexibility index (Phi) is 8.35. The fourth-order valence-electron chi connectivity index (χ4n) is 2.79. The average Bonchev–Trinajstić information content (AvgIpc) is 2.59. The van der Waals surface area contributed by atoms with E-state index in [0.717, 1.165) is 22.7 Å². The second kappa shape index (κ2) is 10.3. The van der Waals surface area contributed by atoms with Gasteiger partial charge in [0.1, 0.15) is 11.5 Å². The van der Waals surface area contributed by atoms with E-state index in [0.29, 0.717) is 0 Å². The van der Waals surface area contributed by atoms with E-state index >= 15 is 0 Å². The SMILES string of the molecule is C=C/C=C1/OC(=C/C=C\C)/C(=C\C)C(C(/C=C\C)=C/C=C)/C1=C/C. The first-order chi connectivity index (χ1) is 11.7. The summed E-state index contributed by atoms with van der Waals surface area (Å²) in [5.41, 5.74) is 3.46. The van der Waals surface area contributed by atoms with E-state index in [9.17, 15) is 0 Å². The third-order valence-corrected chi connectivity index (χ3v) is 3.74. The molecule has 1 heteroatoms. The minimum atomic E-state index is 0.102. The highest BCUT2D eigenvalue weighted by Crippen LogP contribution is 2.43. The van der Waals surface area contributed by atoms with Gasteiger partial charge in [-0.25, -0.2) is 0 Å². The van der Waals surface area contributed by atoms with Gasteiger partial charge in [-0.1, -0.05) is 67.8 Å². The van der Waals surface area contributed by atoms with E-state index in [2.05, 4.69) is 43.5 Å². The standard InChI is InChI=1S/C23H28O/c1-7-13-17-22-20(12-6)23(18(14-8-2)15-9-3)19(11-5)21(24-22)16-10-4/h7-17,23H,2,4H2,1,3,5-6H3/b13-7-,15-9-,18-14+,19-11+,20-12+,21-16+,22-17+. The van der Waals surface area contributed by atoms with Gasteiger partial charge in [-0.2, -0.15) is 0 Å². The van der Waals surface area contributed by atoms with Gasteiger partial charge in [-0.3, -0.25) is 0 Å². The van der Waals surface area contributed by atoms with Crippen molar-refractivity contribution in [1.82, 2.24) is 0 Å². The van der Waals surface area contributed by atoms with Crippen LogP contribution in [0.5, 0.6) is 0 Å². The summed E-state index contributed by atoms with van der Waals surface area (Å²) in [5, 5.41) is 0. The van der Waals surface area contributed by atoms with Crippen molar-refractivity contribution in [3.63, 3.8) is 0 Å². The van der Waals surface area contributed by atoms with Crippen LogP contribution in [0.4, 0.5) is 0 Å². The minimum Gasteiger partial charge on any atom is -0.457 e. The molecule has 0 saturated carbocycles. The highest BCUT2D eigenvalue weighted by molar-refractivity contribution is 5.55. The zero-order valence-corrected chi connectivity index (χ0v) is 15.3. The normalized spacial score (nSPS) is 26.0. The van der Waals surface area contributed by atoms with Gasteiger partial charge in [0.25, 0.3) is 0 Å². The maximum Gasteiger partial charge on any atom is 0.131 e. The largest absolute Gasteiger partial charge is 0.457 e. The molecule has 1 rings (SSSR count). The Labute approximate surface area is 147 Å². The molecule has 24 heavy (non-hydrogen) atoms. The second-order valence-corrected chi connectivity index (χ2v) is 5.25. The lowest BCUT2D eigenvalue weighted by Crippen LogP contribution is -2.21. The number of allylic oxidation sites excluding steroid dienone is 14. The van der Waals surface area contributed by atoms with Crippen molar-refractivity contribution >= 4 is 0 Å². The molecule has 1 saturated heterocycles. The molecule has 0 aromatic carbocycles. The van der Waals surface area contributed by atoms with Gasteiger partial charge in [0, 0.05) is 17.1 Å². The maximum atomic E-state index is 6.16. The average molecular weight is 320 g/mol. The Morgan fingerprint density at radius 1 is 0.875 bits per heavy atom. The van der Waals surface area contributed by atoms with E-state index < -0.39 is 0 Å². The zero-order valence-electron chi connectivity index (χ0n) is 15.3. The molecule has 0 aliphatic carbocycles. The summed E-state index contributed by atoms with van der Waals surface area (Å²) in [7, 11) is 0. The first-order valence-corrected chi connectivity index (χ1v) is 8.30. The van der Waals surface area contributed by atoms with Crippen LogP contribution in [0.3, 0.4) is 0 Å². The van der Waals surface area contributed by atoms with Crippen molar-refractivity contribution in [2.24, 2.45) is 5.92 Å². The van der Waals surface area contributed by atoms with Crippen LogP contribution in [0.2, 0.25) is 0 Å². The Balaban J connectivity index is 3.67. The van der Waals surface area contributed by atoms with Gasteiger partial charge in [-0.05, 0) is 45.4 Å². The molecule has 1 fully saturated rings. The third kappa shape index (κ3) is 4.48.